The van der Waals surface area contributed by atoms with Gasteiger partial charge in [0, 0.05) is 18.1 Å². The number of H-pyrrole nitrogens is 1. The maximum Gasteiger partial charge on any atom is 0.259 e. The summed E-state index contributed by atoms with van der Waals surface area (Å²) in [6, 6.07) is 7.36. The molecule has 1 aromatic heterocycles. The number of halogens is 1. The van der Waals surface area contributed by atoms with Crippen molar-refractivity contribution in [3.8, 4) is 5.75 Å². The lowest BCUT2D eigenvalue weighted by Crippen LogP contribution is -2.31. The summed E-state index contributed by atoms with van der Waals surface area (Å²) in [4.78, 5) is 6.63. The SMILES string of the molecule is Cc1ncc(S(=O)(=O)N(C)CCOc2ccc(Br)cc2)[nH]1. The third-order valence-corrected chi connectivity index (χ3v) is 5.15. The number of hydrogen-bond acceptors (Lipinski definition) is 4. The fraction of sp³-hybridized carbons (Fsp3) is 0.308. The standard InChI is InChI=1S/C13H16BrN3O3S/c1-10-15-9-13(16-10)21(18,19)17(2)7-8-20-12-5-3-11(14)4-6-12/h3-6,9H,7-8H2,1-2H3,(H,15,16). The molecule has 1 aromatic carbocycles. The van der Waals surface area contributed by atoms with Gasteiger partial charge in [-0.1, -0.05) is 15.9 Å². The number of nitrogens with zero attached hydrogens (tertiary/aromatic N) is 2. The molecule has 0 atom stereocenters. The Morgan fingerprint density at radius 2 is 2.00 bits per heavy atom. The van der Waals surface area contributed by atoms with Crippen LogP contribution in [0.4, 0.5) is 0 Å². The Labute approximate surface area is 132 Å². The highest BCUT2D eigenvalue weighted by Crippen LogP contribution is 2.16. The van der Waals surface area contributed by atoms with Crippen LogP contribution in [-0.4, -0.2) is 42.9 Å². The van der Waals surface area contributed by atoms with E-state index < -0.39 is 10.0 Å². The second-order valence-corrected chi connectivity index (χ2v) is 7.39. The van der Waals surface area contributed by atoms with Crippen molar-refractivity contribution in [2.75, 3.05) is 20.2 Å². The van der Waals surface area contributed by atoms with E-state index in [9.17, 15) is 8.42 Å². The van der Waals surface area contributed by atoms with Gasteiger partial charge in [-0.25, -0.2) is 13.4 Å². The molecular formula is C13H16BrN3O3S. The van der Waals surface area contributed by atoms with Crippen molar-refractivity contribution in [2.45, 2.75) is 11.9 Å². The topological polar surface area (TPSA) is 75.3 Å². The van der Waals surface area contributed by atoms with Crippen LogP contribution in [0.3, 0.4) is 0 Å². The summed E-state index contributed by atoms with van der Waals surface area (Å²) in [5.41, 5.74) is 0. The second kappa shape index (κ2) is 6.59. The molecule has 2 rings (SSSR count). The zero-order valence-corrected chi connectivity index (χ0v) is 14.1. The summed E-state index contributed by atoms with van der Waals surface area (Å²) >= 11 is 3.34. The van der Waals surface area contributed by atoms with E-state index in [-0.39, 0.29) is 18.2 Å². The van der Waals surface area contributed by atoms with Gasteiger partial charge in [-0.05, 0) is 31.2 Å². The van der Waals surface area contributed by atoms with Gasteiger partial charge in [0.25, 0.3) is 10.0 Å². The molecule has 0 aliphatic heterocycles. The molecule has 0 aliphatic rings. The first kappa shape index (κ1) is 16.0. The molecule has 114 valence electrons. The van der Waals surface area contributed by atoms with Gasteiger partial charge < -0.3 is 9.72 Å². The lowest BCUT2D eigenvalue weighted by Gasteiger charge is -2.16. The van der Waals surface area contributed by atoms with Gasteiger partial charge in [0.1, 0.15) is 18.2 Å². The van der Waals surface area contributed by atoms with Crippen LogP contribution >= 0.6 is 15.9 Å². The van der Waals surface area contributed by atoms with Crippen molar-refractivity contribution in [2.24, 2.45) is 0 Å². The number of aromatic nitrogens is 2. The number of imidazole rings is 1. The van der Waals surface area contributed by atoms with Crippen molar-refractivity contribution in [3.05, 3.63) is 40.8 Å². The molecule has 2 aromatic rings. The molecule has 0 saturated carbocycles. The fourth-order valence-electron chi connectivity index (χ4n) is 1.64. The van der Waals surface area contributed by atoms with E-state index in [1.807, 2.05) is 24.3 Å². The van der Waals surface area contributed by atoms with Crippen LogP contribution < -0.4 is 4.74 Å². The average Bonchev–Trinajstić information content (AvgIpc) is 2.88. The zero-order valence-electron chi connectivity index (χ0n) is 11.7. The molecule has 0 bridgehead atoms. The molecular weight excluding hydrogens is 358 g/mol. The van der Waals surface area contributed by atoms with Crippen LogP contribution in [0.2, 0.25) is 0 Å². The highest BCUT2D eigenvalue weighted by molar-refractivity contribution is 9.10. The molecule has 0 spiro atoms. The highest BCUT2D eigenvalue weighted by atomic mass is 79.9. The van der Waals surface area contributed by atoms with Crippen molar-refractivity contribution in [1.82, 2.24) is 14.3 Å². The molecule has 0 aliphatic carbocycles. The first-order valence-electron chi connectivity index (χ1n) is 6.26. The number of sulfonamides is 1. The smallest absolute Gasteiger partial charge is 0.259 e. The highest BCUT2D eigenvalue weighted by Gasteiger charge is 2.22. The summed E-state index contributed by atoms with van der Waals surface area (Å²) in [6.07, 6.45) is 1.32. The molecule has 1 heterocycles. The van der Waals surface area contributed by atoms with Crippen molar-refractivity contribution in [3.63, 3.8) is 0 Å². The van der Waals surface area contributed by atoms with Gasteiger partial charge in [0.05, 0.1) is 6.20 Å². The van der Waals surface area contributed by atoms with Gasteiger partial charge in [-0.3, -0.25) is 0 Å². The van der Waals surface area contributed by atoms with Crippen LogP contribution in [-0.2, 0) is 10.0 Å². The Bertz CT molecular complexity index is 698. The normalized spacial score (nSPS) is 11.8. The Morgan fingerprint density at radius 1 is 1.33 bits per heavy atom. The van der Waals surface area contributed by atoms with Crippen molar-refractivity contribution in [1.29, 1.82) is 0 Å². The van der Waals surface area contributed by atoms with Gasteiger partial charge in [0.15, 0.2) is 5.03 Å². The summed E-state index contributed by atoms with van der Waals surface area (Å²) in [7, 11) is -2.04. The minimum atomic E-state index is -3.55. The zero-order chi connectivity index (χ0) is 15.5. The van der Waals surface area contributed by atoms with Crippen LogP contribution in [0.25, 0.3) is 0 Å². The van der Waals surface area contributed by atoms with E-state index in [0.29, 0.717) is 11.6 Å². The molecule has 0 fully saturated rings. The molecule has 0 amide bonds. The summed E-state index contributed by atoms with van der Waals surface area (Å²) in [6.45, 7) is 2.22. The van der Waals surface area contributed by atoms with Crippen LogP contribution in [0.5, 0.6) is 5.75 Å². The van der Waals surface area contributed by atoms with Crippen LogP contribution in [0, 0.1) is 6.92 Å². The third kappa shape index (κ3) is 4.05. The Hall–Kier alpha value is -1.38. The lowest BCUT2D eigenvalue weighted by molar-refractivity contribution is 0.286. The van der Waals surface area contributed by atoms with Gasteiger partial charge >= 0.3 is 0 Å². The quantitative estimate of drug-likeness (QED) is 0.841. The van der Waals surface area contributed by atoms with Gasteiger partial charge in [0.2, 0.25) is 0 Å². The maximum absolute atomic E-state index is 12.2. The monoisotopic (exact) mass is 373 g/mol. The predicted molar refractivity (Wildman–Crippen MR) is 82.8 cm³/mol. The second-order valence-electron chi connectivity index (χ2n) is 4.46. The number of rotatable bonds is 6. The van der Waals surface area contributed by atoms with Gasteiger partial charge in [-0.15, -0.1) is 0 Å². The van der Waals surface area contributed by atoms with Crippen LogP contribution in [0.15, 0.2) is 40.0 Å². The molecule has 0 radical (unpaired) electrons. The van der Waals surface area contributed by atoms with E-state index in [1.165, 1.54) is 17.5 Å². The number of aromatic amines is 1. The number of nitrogens with one attached hydrogen (secondary N) is 1. The number of likely N-dealkylation sites (N-methyl/N-ethyl adjacent to an activating group) is 1. The number of benzene rings is 1. The Balaban J connectivity index is 1.92. The molecule has 8 heteroatoms. The van der Waals surface area contributed by atoms with Gasteiger partial charge in [-0.2, -0.15) is 4.31 Å². The number of ether oxygens (including phenoxy) is 1. The predicted octanol–water partition coefficient (Wildman–Crippen LogP) is 2.18. The van der Waals surface area contributed by atoms with E-state index >= 15 is 0 Å². The van der Waals surface area contributed by atoms with E-state index in [4.69, 9.17) is 4.74 Å². The lowest BCUT2D eigenvalue weighted by atomic mass is 10.3. The van der Waals surface area contributed by atoms with Crippen LogP contribution in [0.1, 0.15) is 5.82 Å². The fourth-order valence-corrected chi connectivity index (χ4v) is 3.02. The third-order valence-electron chi connectivity index (χ3n) is 2.86. The molecule has 21 heavy (non-hydrogen) atoms. The first-order valence-corrected chi connectivity index (χ1v) is 8.49. The van der Waals surface area contributed by atoms with E-state index in [2.05, 4.69) is 25.9 Å². The van der Waals surface area contributed by atoms with E-state index in [0.717, 1.165) is 4.47 Å². The maximum atomic E-state index is 12.2. The summed E-state index contributed by atoms with van der Waals surface area (Å²) in [5.74, 6) is 1.26. The molecule has 6 nitrogen and oxygen atoms in total. The number of aryl methyl sites for hydroxylation is 1. The molecule has 0 unspecified atom stereocenters. The largest absolute Gasteiger partial charge is 0.492 e. The summed E-state index contributed by atoms with van der Waals surface area (Å²) < 4.78 is 32.2. The van der Waals surface area contributed by atoms with Crippen molar-refractivity contribution < 1.29 is 13.2 Å². The molecule has 1 N–H and O–H groups in total. The minimum Gasteiger partial charge on any atom is -0.492 e. The number of hydrogen-bond donors (Lipinski definition) is 1. The van der Waals surface area contributed by atoms with Crippen molar-refractivity contribution >= 4 is 26.0 Å². The Morgan fingerprint density at radius 3 is 2.57 bits per heavy atom. The van der Waals surface area contributed by atoms with E-state index in [1.54, 1.807) is 6.92 Å². The molecule has 0 saturated heterocycles. The minimum absolute atomic E-state index is 0.0890. The Kier molecular flexibility index (Phi) is 5.02. The average molecular weight is 374 g/mol. The summed E-state index contributed by atoms with van der Waals surface area (Å²) in [5, 5.41) is 0.0890. The first-order chi connectivity index (χ1) is 9.89.